The minimum absolute atomic E-state index is 0.0146. The molecule has 0 bridgehead atoms. The standard InChI is InChI=1S/C11H10N4O2S/c1-6-2-4-7(5-3-6)14-15-8-9(16)12-11(18)13-10(8)17/h2-5,14H,1H3,(H2,12,13,16,17,18). The fourth-order valence-corrected chi connectivity index (χ4v) is 1.49. The zero-order chi connectivity index (χ0) is 13.1. The zero-order valence-electron chi connectivity index (χ0n) is 9.48. The van der Waals surface area contributed by atoms with Crippen molar-refractivity contribution in [2.24, 2.45) is 5.10 Å². The van der Waals surface area contributed by atoms with E-state index in [1.165, 1.54) is 0 Å². The van der Waals surface area contributed by atoms with Gasteiger partial charge in [-0.3, -0.25) is 25.6 Å². The summed E-state index contributed by atoms with van der Waals surface area (Å²) >= 11 is 4.67. The minimum atomic E-state index is -0.622. The third-order valence-corrected chi connectivity index (χ3v) is 2.44. The van der Waals surface area contributed by atoms with Crippen LogP contribution in [0.3, 0.4) is 0 Å². The van der Waals surface area contributed by atoms with Crippen molar-refractivity contribution in [2.75, 3.05) is 5.43 Å². The molecule has 1 saturated heterocycles. The van der Waals surface area contributed by atoms with E-state index in [2.05, 4.69) is 33.4 Å². The molecule has 7 heteroatoms. The second-order valence-electron chi connectivity index (χ2n) is 3.68. The number of amides is 2. The van der Waals surface area contributed by atoms with E-state index in [0.717, 1.165) is 5.56 Å². The van der Waals surface area contributed by atoms with E-state index < -0.39 is 11.8 Å². The molecule has 1 heterocycles. The maximum atomic E-state index is 11.5. The smallest absolute Gasteiger partial charge is 0.283 e. The third-order valence-electron chi connectivity index (χ3n) is 2.23. The Morgan fingerprint density at radius 3 is 2.22 bits per heavy atom. The summed E-state index contributed by atoms with van der Waals surface area (Å²) in [5.74, 6) is -1.24. The Morgan fingerprint density at radius 1 is 1.11 bits per heavy atom. The van der Waals surface area contributed by atoms with E-state index >= 15 is 0 Å². The Bertz CT molecular complexity index is 529. The van der Waals surface area contributed by atoms with Gasteiger partial charge in [-0.05, 0) is 31.3 Å². The van der Waals surface area contributed by atoms with E-state index in [-0.39, 0.29) is 10.8 Å². The maximum Gasteiger partial charge on any atom is 0.283 e. The Kier molecular flexibility index (Phi) is 3.33. The van der Waals surface area contributed by atoms with Gasteiger partial charge in [-0.15, -0.1) is 0 Å². The lowest BCUT2D eigenvalue weighted by atomic mass is 10.2. The molecule has 1 aliphatic heterocycles. The number of aryl methyl sites for hydroxylation is 1. The first-order valence-corrected chi connectivity index (χ1v) is 5.54. The second-order valence-corrected chi connectivity index (χ2v) is 4.08. The molecule has 0 unspecified atom stereocenters. The fourth-order valence-electron chi connectivity index (χ4n) is 1.31. The number of hydrogen-bond donors (Lipinski definition) is 3. The molecule has 2 amide bonds. The monoisotopic (exact) mass is 262 g/mol. The second kappa shape index (κ2) is 4.92. The average Bonchev–Trinajstić information content (AvgIpc) is 2.30. The topological polar surface area (TPSA) is 82.6 Å². The first-order chi connectivity index (χ1) is 8.56. The number of hydrazone groups is 1. The van der Waals surface area contributed by atoms with Crippen LogP contribution in [-0.2, 0) is 9.59 Å². The van der Waals surface area contributed by atoms with Crippen LogP contribution in [0.5, 0.6) is 0 Å². The highest BCUT2D eigenvalue weighted by Gasteiger charge is 2.27. The van der Waals surface area contributed by atoms with Gasteiger partial charge < -0.3 is 0 Å². The first-order valence-electron chi connectivity index (χ1n) is 5.13. The van der Waals surface area contributed by atoms with E-state index in [9.17, 15) is 9.59 Å². The summed E-state index contributed by atoms with van der Waals surface area (Å²) in [5.41, 5.74) is 4.17. The molecular formula is C11H10N4O2S. The van der Waals surface area contributed by atoms with Crippen LogP contribution in [0.15, 0.2) is 29.4 Å². The molecule has 0 atom stereocenters. The molecular weight excluding hydrogens is 252 g/mol. The predicted molar refractivity (Wildman–Crippen MR) is 71.1 cm³/mol. The molecule has 6 nitrogen and oxygen atoms in total. The molecule has 0 radical (unpaired) electrons. The summed E-state index contributed by atoms with van der Waals surface area (Å²) in [4.78, 5) is 22.9. The maximum absolute atomic E-state index is 11.5. The summed E-state index contributed by atoms with van der Waals surface area (Å²) in [7, 11) is 0. The van der Waals surface area contributed by atoms with Crippen molar-refractivity contribution in [3.8, 4) is 0 Å². The van der Waals surface area contributed by atoms with Crippen molar-refractivity contribution in [3.05, 3.63) is 29.8 Å². The number of nitrogens with one attached hydrogen (secondary N) is 3. The number of carbonyl (C=O) groups excluding carboxylic acids is 2. The molecule has 0 aromatic heterocycles. The van der Waals surface area contributed by atoms with Crippen LogP contribution < -0.4 is 16.1 Å². The molecule has 3 N–H and O–H groups in total. The quantitative estimate of drug-likeness (QED) is 0.528. The summed E-state index contributed by atoms with van der Waals surface area (Å²) in [5, 5.41) is 8.34. The van der Waals surface area contributed by atoms with Crippen LogP contribution in [0.4, 0.5) is 5.69 Å². The van der Waals surface area contributed by atoms with Crippen molar-refractivity contribution in [3.63, 3.8) is 0 Å². The fraction of sp³-hybridized carbons (Fsp3) is 0.0909. The number of benzene rings is 1. The number of anilines is 1. The van der Waals surface area contributed by atoms with Crippen molar-refractivity contribution in [2.45, 2.75) is 6.92 Å². The molecule has 0 aliphatic carbocycles. The van der Waals surface area contributed by atoms with Crippen LogP contribution in [0.1, 0.15) is 5.56 Å². The van der Waals surface area contributed by atoms with Gasteiger partial charge in [0.25, 0.3) is 11.8 Å². The first kappa shape index (κ1) is 12.2. The highest BCUT2D eigenvalue weighted by Crippen LogP contribution is 2.08. The number of rotatable bonds is 2. The Balaban J connectivity index is 2.13. The number of hydrogen-bond acceptors (Lipinski definition) is 5. The lowest BCUT2D eigenvalue weighted by molar-refractivity contribution is -0.118. The van der Waals surface area contributed by atoms with Crippen LogP contribution >= 0.6 is 12.2 Å². The van der Waals surface area contributed by atoms with Gasteiger partial charge in [0.1, 0.15) is 0 Å². The van der Waals surface area contributed by atoms with E-state index in [1.54, 1.807) is 12.1 Å². The lowest BCUT2D eigenvalue weighted by Crippen LogP contribution is -2.56. The van der Waals surface area contributed by atoms with E-state index in [1.807, 2.05) is 19.1 Å². The Morgan fingerprint density at radius 2 is 1.67 bits per heavy atom. The largest absolute Gasteiger partial charge is 0.297 e. The molecule has 1 aliphatic rings. The van der Waals surface area contributed by atoms with Gasteiger partial charge in [-0.1, -0.05) is 17.7 Å². The summed E-state index contributed by atoms with van der Waals surface area (Å²) in [6, 6.07) is 7.36. The van der Waals surface area contributed by atoms with Gasteiger partial charge in [-0.25, -0.2) is 0 Å². The number of nitrogens with zero attached hydrogens (tertiary/aromatic N) is 1. The van der Waals surface area contributed by atoms with Gasteiger partial charge >= 0.3 is 0 Å². The van der Waals surface area contributed by atoms with Gasteiger partial charge in [-0.2, -0.15) is 5.10 Å². The lowest BCUT2D eigenvalue weighted by Gasteiger charge is -2.15. The highest BCUT2D eigenvalue weighted by atomic mass is 32.1. The van der Waals surface area contributed by atoms with Crippen molar-refractivity contribution in [1.82, 2.24) is 10.6 Å². The summed E-state index contributed by atoms with van der Waals surface area (Å²) in [6.45, 7) is 1.96. The van der Waals surface area contributed by atoms with Crippen LogP contribution in [0.25, 0.3) is 0 Å². The molecule has 2 rings (SSSR count). The number of carbonyl (C=O) groups is 2. The Hall–Kier alpha value is -2.28. The van der Waals surface area contributed by atoms with Crippen molar-refractivity contribution >= 4 is 40.5 Å². The van der Waals surface area contributed by atoms with Crippen LogP contribution in [0, 0.1) is 6.92 Å². The molecule has 1 aromatic carbocycles. The van der Waals surface area contributed by atoms with Gasteiger partial charge in [0, 0.05) is 0 Å². The van der Waals surface area contributed by atoms with Gasteiger partial charge in [0.2, 0.25) is 5.71 Å². The average molecular weight is 262 g/mol. The van der Waals surface area contributed by atoms with Gasteiger partial charge in [0.15, 0.2) is 5.11 Å². The van der Waals surface area contributed by atoms with E-state index in [4.69, 9.17) is 0 Å². The Labute approximate surface area is 108 Å². The molecule has 1 fully saturated rings. The zero-order valence-corrected chi connectivity index (χ0v) is 10.3. The van der Waals surface area contributed by atoms with Crippen LogP contribution in [0.2, 0.25) is 0 Å². The van der Waals surface area contributed by atoms with E-state index in [0.29, 0.717) is 5.69 Å². The van der Waals surface area contributed by atoms with Crippen LogP contribution in [-0.4, -0.2) is 22.6 Å². The highest BCUT2D eigenvalue weighted by molar-refractivity contribution is 7.80. The molecule has 0 spiro atoms. The predicted octanol–water partition coefficient (Wildman–Crippen LogP) is 0.294. The summed E-state index contributed by atoms with van der Waals surface area (Å²) in [6.07, 6.45) is 0. The van der Waals surface area contributed by atoms with Gasteiger partial charge in [0.05, 0.1) is 5.69 Å². The normalized spacial score (nSPS) is 14.9. The minimum Gasteiger partial charge on any atom is -0.297 e. The SMILES string of the molecule is Cc1ccc(NN=C2C(=O)NC(=S)NC2=O)cc1. The summed E-state index contributed by atoms with van der Waals surface area (Å²) < 4.78 is 0. The number of thiocarbonyl (C=S) groups is 1. The van der Waals surface area contributed by atoms with Crippen molar-refractivity contribution < 1.29 is 9.59 Å². The molecule has 92 valence electrons. The molecule has 1 aromatic rings. The van der Waals surface area contributed by atoms with Crippen molar-refractivity contribution in [1.29, 1.82) is 0 Å². The molecule has 18 heavy (non-hydrogen) atoms. The third kappa shape index (κ3) is 2.69. The molecule has 0 saturated carbocycles.